The molecule has 4 aromatic carbocycles. The van der Waals surface area contributed by atoms with Crippen LogP contribution in [0.5, 0.6) is 0 Å². The molecule has 59 heavy (non-hydrogen) atoms. The number of hydrogen-bond acceptors (Lipinski definition) is 6. The van der Waals surface area contributed by atoms with Crippen LogP contribution in [-0.4, -0.2) is 36.1 Å². The van der Waals surface area contributed by atoms with E-state index in [1.807, 2.05) is 60.7 Å². The zero-order valence-corrected chi connectivity index (χ0v) is 40.2. The molecule has 0 unspecified atom stereocenters. The molecule has 8 rings (SSSR count). The maximum absolute atomic E-state index is 6.20. The van der Waals surface area contributed by atoms with Crippen molar-refractivity contribution in [3.63, 3.8) is 0 Å². The van der Waals surface area contributed by atoms with Crippen LogP contribution in [0.1, 0.15) is 38.8 Å². The average molecular weight is 924 g/mol. The summed E-state index contributed by atoms with van der Waals surface area (Å²) in [5.74, 6) is 1.61. The second-order valence-corrected chi connectivity index (χ2v) is 41.8. The Bertz CT molecular complexity index is 2580. The predicted molar refractivity (Wildman–Crippen MR) is 246 cm³/mol. The van der Waals surface area contributed by atoms with E-state index in [-0.39, 0.29) is 0 Å². The van der Waals surface area contributed by atoms with Gasteiger partial charge in [0.1, 0.15) is 48.6 Å². The van der Waals surface area contributed by atoms with Crippen LogP contribution in [0.2, 0.25) is 0 Å². The molecule has 2 N–H and O–H groups in total. The van der Waals surface area contributed by atoms with Crippen molar-refractivity contribution in [3.05, 3.63) is 143 Å². The second kappa shape index (κ2) is 20.2. The number of benzene rings is 6. The summed E-state index contributed by atoms with van der Waals surface area (Å²) in [6, 6.07) is 41.1. The van der Waals surface area contributed by atoms with E-state index in [0.717, 1.165) is 105 Å². The summed E-state index contributed by atoms with van der Waals surface area (Å²) in [7, 11) is 16.8. The molecule has 0 fully saturated rings. The molecule has 2 aliphatic heterocycles. The average Bonchev–Trinajstić information content (AvgIpc) is 3.20. The Hall–Kier alpha value is -4.50. The van der Waals surface area contributed by atoms with Crippen molar-refractivity contribution in [2.45, 2.75) is 41.5 Å². The Labute approximate surface area is 364 Å². The predicted octanol–water partition coefficient (Wildman–Crippen LogP) is 12.3. The Balaban J connectivity index is 0.000000178. The molecule has 304 valence electrons. The van der Waals surface area contributed by atoms with E-state index < -0.39 is 10.8 Å². The fourth-order valence-corrected chi connectivity index (χ4v) is 6.73. The number of nitrogens with zero attached hydrogens (tertiary/aromatic N) is 4. The Morgan fingerprint density at radius 3 is 1.22 bits per heavy atom. The van der Waals surface area contributed by atoms with Crippen molar-refractivity contribution in [2.75, 3.05) is 36.8 Å². The second-order valence-electron chi connectivity index (χ2n) is 14.0. The molecule has 2 heterocycles. The van der Waals surface area contributed by atoms with E-state index in [9.17, 15) is 0 Å². The van der Waals surface area contributed by atoms with Crippen LogP contribution in [0.3, 0.4) is 0 Å². The van der Waals surface area contributed by atoms with E-state index in [1.54, 1.807) is 0 Å². The van der Waals surface area contributed by atoms with Gasteiger partial charge in [-0.2, -0.15) is 0 Å². The van der Waals surface area contributed by atoms with E-state index >= 15 is 0 Å². The fraction of sp³-hybridized carbons (Fsp3) is 0.217. The van der Waals surface area contributed by atoms with E-state index in [2.05, 4.69) is 122 Å². The van der Waals surface area contributed by atoms with Gasteiger partial charge in [0, 0.05) is 47.0 Å². The first-order valence-corrected chi connectivity index (χ1v) is 35.5. The quantitative estimate of drug-likeness (QED) is 0.0898. The molecular weight excluding hydrogens is 876 g/mol. The number of fused-ring (bicyclic) bond motifs is 4. The van der Waals surface area contributed by atoms with Crippen LogP contribution < -0.4 is 30.5 Å². The summed E-state index contributed by atoms with van der Waals surface area (Å²) < 4.78 is 17.0. The molecule has 13 heteroatoms. The van der Waals surface area contributed by atoms with Gasteiger partial charge in [-0.25, -0.2) is 19.1 Å². The third-order valence-corrected chi connectivity index (χ3v) is 9.60. The minimum atomic E-state index is -3.36. The zero-order chi connectivity index (χ0) is 42.1. The molecular formula is C46H48Cl4N6O2Zn. The molecule has 0 aromatic heterocycles. The van der Waals surface area contributed by atoms with E-state index in [1.165, 1.54) is 11.1 Å². The van der Waals surface area contributed by atoms with Crippen LogP contribution in [0.15, 0.2) is 130 Å². The van der Waals surface area contributed by atoms with Crippen molar-refractivity contribution < 1.29 is 19.6 Å². The van der Waals surface area contributed by atoms with Gasteiger partial charge in [0.05, 0.1) is 12.1 Å². The molecule has 0 bridgehead atoms. The number of aromatic nitrogens is 2. The monoisotopic (exact) mass is 920 g/mol. The number of aryl methyl sites for hydroxylation is 2. The summed E-state index contributed by atoms with van der Waals surface area (Å²) in [6.45, 7) is 16.7. The summed E-state index contributed by atoms with van der Waals surface area (Å²) in [4.78, 5) is 9.50. The van der Waals surface area contributed by atoms with Crippen LogP contribution in [0.4, 0.5) is 22.7 Å². The van der Waals surface area contributed by atoms with Gasteiger partial charge in [-0.1, -0.05) is 24.3 Å². The SMILES string of the molecule is CC[N+](CC)=c1ccc2nc3ccc(Nc4cccc(C)c4)cc3oc-2c1.CC[N+](CC)=c1ccc2nc3ccc(Nc4cccc(C)c4)cc3oc-2c1.[Cl][Zn-2]([Cl])([Cl])[Cl]. The summed E-state index contributed by atoms with van der Waals surface area (Å²) >= 11 is 0. The van der Waals surface area contributed by atoms with Crippen molar-refractivity contribution in [1.29, 1.82) is 0 Å². The number of hydrogen-bond donors (Lipinski definition) is 2. The molecule has 0 saturated heterocycles. The van der Waals surface area contributed by atoms with Crippen molar-refractivity contribution >= 4 is 83.7 Å². The summed E-state index contributed by atoms with van der Waals surface area (Å²) in [5, 5.41) is 9.19. The normalized spacial score (nSPS) is 11.2. The van der Waals surface area contributed by atoms with Gasteiger partial charge >= 0.3 is 49.6 Å². The third kappa shape index (κ3) is 12.3. The number of nitrogens with one attached hydrogen (secondary N) is 2. The summed E-state index contributed by atoms with van der Waals surface area (Å²) in [5.41, 5.74) is 11.5. The van der Waals surface area contributed by atoms with Crippen LogP contribution in [-0.2, 0) is 10.8 Å². The third-order valence-electron chi connectivity index (χ3n) is 9.60. The van der Waals surface area contributed by atoms with Gasteiger partial charge in [0.25, 0.3) is 0 Å². The molecule has 4 aromatic rings. The minimum absolute atomic E-state index is 0.775. The number of anilines is 4. The summed E-state index contributed by atoms with van der Waals surface area (Å²) in [6.07, 6.45) is 0. The molecule has 4 aliphatic rings. The van der Waals surface area contributed by atoms with E-state index in [0.29, 0.717) is 0 Å². The maximum atomic E-state index is 6.20. The van der Waals surface area contributed by atoms with Crippen molar-refractivity contribution in [3.8, 4) is 22.9 Å². The topological polar surface area (TPSA) is 82.1 Å². The Kier molecular flexibility index (Phi) is 15.1. The molecule has 0 spiro atoms. The van der Waals surface area contributed by atoms with Gasteiger partial charge < -0.3 is 19.5 Å². The van der Waals surface area contributed by atoms with Gasteiger partial charge in [-0.3, -0.25) is 0 Å². The molecule has 0 radical (unpaired) electrons. The Morgan fingerprint density at radius 2 is 0.864 bits per heavy atom. The molecule has 2 aliphatic carbocycles. The molecule has 0 saturated carbocycles. The first-order chi connectivity index (χ1) is 28.3. The van der Waals surface area contributed by atoms with Gasteiger partial charge in [0.2, 0.25) is 10.7 Å². The van der Waals surface area contributed by atoms with Crippen molar-refractivity contribution in [2.24, 2.45) is 0 Å². The molecule has 0 atom stereocenters. The van der Waals surface area contributed by atoms with Crippen LogP contribution in [0, 0.1) is 13.8 Å². The zero-order valence-electron chi connectivity index (χ0n) is 34.2. The fourth-order valence-electron chi connectivity index (χ4n) is 6.73. The first-order valence-electron chi connectivity index (χ1n) is 19.9. The standard InChI is InChI=1S/2C23H23N3O.4ClH.Zn/c2*1-4-26(5-2)19-10-12-21-23(15-19)27-22-14-18(9-11-20(22)25-21)24-17-8-6-7-16(3)13-17;;;;;/h2*6-15H,4-5H2,1-3H3;4*1H;/q;;;;;;+2/p-2. The molecule has 0 amide bonds. The first kappa shape index (κ1) is 44.1. The van der Waals surface area contributed by atoms with Gasteiger partial charge in [-0.15, -0.1) is 0 Å². The van der Waals surface area contributed by atoms with Crippen LogP contribution >= 0.6 is 38.8 Å². The van der Waals surface area contributed by atoms with Gasteiger partial charge in [-0.05, 0) is 113 Å². The Morgan fingerprint density at radius 1 is 0.492 bits per heavy atom. The molecule has 8 nitrogen and oxygen atoms in total. The van der Waals surface area contributed by atoms with Crippen LogP contribution in [0.25, 0.3) is 45.1 Å². The van der Waals surface area contributed by atoms with Gasteiger partial charge in [0.15, 0.2) is 22.7 Å². The van der Waals surface area contributed by atoms with E-state index in [4.69, 9.17) is 57.6 Å². The number of halogens is 4. The number of rotatable bonds is 8. The van der Waals surface area contributed by atoms with Crippen molar-refractivity contribution in [1.82, 2.24) is 19.1 Å².